The van der Waals surface area contributed by atoms with Crippen molar-refractivity contribution in [3.8, 4) is 0 Å². The van der Waals surface area contributed by atoms with Gasteiger partial charge in [-0.15, -0.1) is 0 Å². The summed E-state index contributed by atoms with van der Waals surface area (Å²) in [5.41, 5.74) is -2.06. The lowest BCUT2D eigenvalue weighted by atomic mass is 9.78. The molecule has 2 aliphatic rings. The lowest BCUT2D eigenvalue weighted by Crippen LogP contribution is -2.59. The third-order valence-electron chi connectivity index (χ3n) is 5.71. The molecule has 8 nitrogen and oxygen atoms in total. The number of fused-ring (bicyclic) bond motifs is 1. The van der Waals surface area contributed by atoms with Crippen molar-refractivity contribution in [2.24, 2.45) is 5.92 Å². The summed E-state index contributed by atoms with van der Waals surface area (Å²) in [7, 11) is 2.20. The molecule has 1 aromatic carbocycles. The number of carbonyl (C=O) groups is 3. The Balaban J connectivity index is 2.21. The molecule has 0 bridgehead atoms. The second kappa shape index (κ2) is 8.44. The zero-order valence-corrected chi connectivity index (χ0v) is 16.5. The van der Waals surface area contributed by atoms with Crippen LogP contribution in [0.1, 0.15) is 24.8 Å². The van der Waals surface area contributed by atoms with Gasteiger partial charge >= 0.3 is 11.9 Å². The fourth-order valence-corrected chi connectivity index (χ4v) is 4.30. The number of nitrogens with zero attached hydrogens (tertiary/aromatic N) is 1. The van der Waals surface area contributed by atoms with E-state index in [1.807, 2.05) is 30.3 Å². The van der Waals surface area contributed by atoms with Crippen LogP contribution in [0.5, 0.6) is 0 Å². The van der Waals surface area contributed by atoms with Gasteiger partial charge < -0.3 is 19.7 Å². The number of hydrogen-bond acceptors (Lipinski definition) is 8. The topological polar surface area (TPSA) is 113 Å². The normalized spacial score (nSPS) is 27.8. The summed E-state index contributed by atoms with van der Waals surface area (Å²) in [5.74, 6) is -3.36. The number of esters is 2. The van der Waals surface area contributed by atoms with E-state index in [-0.39, 0.29) is 13.0 Å². The molecular weight excluding hydrogens is 378 g/mol. The number of ether oxygens (including phenoxy) is 2. The predicted molar refractivity (Wildman–Crippen MR) is 101 cm³/mol. The van der Waals surface area contributed by atoms with Crippen LogP contribution in [0.25, 0.3) is 0 Å². The quantitative estimate of drug-likeness (QED) is 0.702. The zero-order valence-electron chi connectivity index (χ0n) is 16.5. The highest BCUT2D eigenvalue weighted by atomic mass is 16.5. The van der Waals surface area contributed by atoms with E-state index in [0.29, 0.717) is 19.4 Å². The molecule has 29 heavy (non-hydrogen) atoms. The maximum absolute atomic E-state index is 12.8. The molecule has 1 fully saturated rings. The Morgan fingerprint density at radius 2 is 1.83 bits per heavy atom. The van der Waals surface area contributed by atoms with Crippen molar-refractivity contribution in [3.63, 3.8) is 0 Å². The molecule has 1 saturated heterocycles. The SMILES string of the molecule is COC(=O)C1=C(C(=O)OC)C2(O)C(CCCN2Cc2ccccc2)CC(=O)C1O. The molecule has 0 amide bonds. The number of carbonyl (C=O) groups excluding carboxylic acids is 3. The van der Waals surface area contributed by atoms with Crippen molar-refractivity contribution in [2.45, 2.75) is 37.6 Å². The Morgan fingerprint density at radius 1 is 1.17 bits per heavy atom. The number of hydrogen-bond donors (Lipinski definition) is 2. The van der Waals surface area contributed by atoms with Crippen LogP contribution >= 0.6 is 0 Å². The molecule has 0 aromatic heterocycles. The van der Waals surface area contributed by atoms with Crippen LogP contribution < -0.4 is 0 Å². The molecule has 1 aliphatic heterocycles. The van der Waals surface area contributed by atoms with Crippen LogP contribution in [0.3, 0.4) is 0 Å². The third-order valence-corrected chi connectivity index (χ3v) is 5.71. The number of ketones is 1. The summed E-state index contributed by atoms with van der Waals surface area (Å²) in [6.07, 6.45) is -0.908. The summed E-state index contributed by atoms with van der Waals surface area (Å²) in [6, 6.07) is 9.35. The van der Waals surface area contributed by atoms with E-state index in [1.54, 1.807) is 4.90 Å². The number of likely N-dealkylation sites (tertiary alicyclic amines) is 1. The summed E-state index contributed by atoms with van der Waals surface area (Å²) in [6.45, 7) is 0.716. The van der Waals surface area contributed by atoms with Crippen molar-refractivity contribution in [2.75, 3.05) is 20.8 Å². The highest BCUT2D eigenvalue weighted by molar-refractivity contribution is 6.08. The van der Waals surface area contributed by atoms with Gasteiger partial charge in [0, 0.05) is 25.4 Å². The van der Waals surface area contributed by atoms with Gasteiger partial charge in [0.2, 0.25) is 0 Å². The molecule has 0 spiro atoms. The Morgan fingerprint density at radius 3 is 2.45 bits per heavy atom. The Labute approximate surface area is 168 Å². The number of benzene rings is 1. The van der Waals surface area contributed by atoms with Crippen LogP contribution in [0.4, 0.5) is 0 Å². The number of methoxy groups -OCH3 is 2. The van der Waals surface area contributed by atoms with Crippen molar-refractivity contribution in [3.05, 3.63) is 47.0 Å². The van der Waals surface area contributed by atoms with Gasteiger partial charge in [-0.2, -0.15) is 0 Å². The molecular formula is C21H25NO7. The van der Waals surface area contributed by atoms with E-state index in [4.69, 9.17) is 9.47 Å². The van der Waals surface area contributed by atoms with Crippen LogP contribution in [0.15, 0.2) is 41.5 Å². The minimum atomic E-state index is -1.96. The average Bonchev–Trinajstić information content (AvgIpc) is 2.82. The minimum absolute atomic E-state index is 0.177. The van der Waals surface area contributed by atoms with Crippen LogP contribution in [-0.4, -0.2) is 65.4 Å². The first kappa shape index (κ1) is 21.2. The molecule has 3 rings (SSSR count). The summed E-state index contributed by atoms with van der Waals surface area (Å²) < 4.78 is 9.57. The van der Waals surface area contributed by atoms with Gasteiger partial charge in [0.25, 0.3) is 0 Å². The first-order chi connectivity index (χ1) is 13.8. The molecule has 0 radical (unpaired) electrons. The van der Waals surface area contributed by atoms with Crippen molar-refractivity contribution < 1.29 is 34.1 Å². The third kappa shape index (κ3) is 3.71. The van der Waals surface area contributed by atoms with Gasteiger partial charge in [-0.3, -0.25) is 9.69 Å². The highest BCUT2D eigenvalue weighted by Crippen LogP contribution is 2.44. The van der Waals surface area contributed by atoms with Crippen LogP contribution in [0.2, 0.25) is 0 Å². The van der Waals surface area contributed by atoms with Crippen LogP contribution in [-0.2, 0) is 30.4 Å². The fourth-order valence-electron chi connectivity index (χ4n) is 4.30. The molecule has 1 aliphatic carbocycles. The molecule has 2 N–H and O–H groups in total. The Hall–Kier alpha value is -2.55. The van der Waals surface area contributed by atoms with E-state index < -0.39 is 46.6 Å². The van der Waals surface area contributed by atoms with E-state index in [9.17, 15) is 24.6 Å². The molecule has 3 atom stereocenters. The van der Waals surface area contributed by atoms with Gasteiger partial charge in [0.1, 0.15) is 6.10 Å². The van der Waals surface area contributed by atoms with E-state index in [0.717, 1.165) is 19.8 Å². The molecule has 1 aromatic rings. The zero-order chi connectivity index (χ0) is 21.2. The lowest BCUT2D eigenvalue weighted by Gasteiger charge is -2.48. The molecule has 1 heterocycles. The Kier molecular flexibility index (Phi) is 6.16. The van der Waals surface area contributed by atoms with Gasteiger partial charge in [0.15, 0.2) is 11.5 Å². The van der Waals surface area contributed by atoms with Gasteiger partial charge in [-0.25, -0.2) is 9.59 Å². The Bertz CT molecular complexity index is 835. The standard InChI is InChI=1S/C21H25NO7/c1-28-19(25)16-17(20(26)29-2)21(27)14(11-15(23)18(16)24)9-6-10-22(21)12-13-7-4-3-5-8-13/h3-5,7-8,14,18,24,27H,6,9-12H2,1-2H3. The van der Waals surface area contributed by atoms with Gasteiger partial charge in [0.05, 0.1) is 25.4 Å². The number of Topliss-reactive ketones (excluding diaryl/α,β-unsaturated/α-hetero) is 1. The molecule has 0 saturated carbocycles. The number of rotatable bonds is 4. The molecule has 3 unspecified atom stereocenters. The maximum atomic E-state index is 12.8. The van der Waals surface area contributed by atoms with Crippen molar-refractivity contribution in [1.29, 1.82) is 0 Å². The summed E-state index contributed by atoms with van der Waals surface area (Å²) >= 11 is 0. The van der Waals surface area contributed by atoms with E-state index in [1.165, 1.54) is 0 Å². The maximum Gasteiger partial charge on any atom is 0.338 e. The van der Waals surface area contributed by atoms with Crippen molar-refractivity contribution >= 4 is 17.7 Å². The van der Waals surface area contributed by atoms with Gasteiger partial charge in [-0.05, 0) is 18.4 Å². The number of aliphatic hydroxyl groups excluding tert-OH is 1. The largest absolute Gasteiger partial charge is 0.466 e. The smallest absolute Gasteiger partial charge is 0.338 e. The number of aliphatic hydroxyl groups is 2. The lowest BCUT2D eigenvalue weighted by molar-refractivity contribution is -0.167. The average molecular weight is 403 g/mol. The second-order valence-electron chi connectivity index (χ2n) is 7.32. The monoisotopic (exact) mass is 403 g/mol. The first-order valence-electron chi connectivity index (χ1n) is 9.48. The molecule has 156 valence electrons. The van der Waals surface area contributed by atoms with Gasteiger partial charge in [-0.1, -0.05) is 30.3 Å². The minimum Gasteiger partial charge on any atom is -0.466 e. The molecule has 8 heteroatoms. The van der Waals surface area contributed by atoms with Crippen molar-refractivity contribution in [1.82, 2.24) is 4.90 Å². The van der Waals surface area contributed by atoms with Crippen LogP contribution in [0, 0.1) is 5.92 Å². The number of piperidine rings is 1. The van der Waals surface area contributed by atoms with E-state index in [2.05, 4.69) is 0 Å². The predicted octanol–water partition coefficient (Wildman–Crippen LogP) is 0.563. The summed E-state index contributed by atoms with van der Waals surface area (Å²) in [5, 5.41) is 22.4. The highest BCUT2D eigenvalue weighted by Gasteiger charge is 2.56. The summed E-state index contributed by atoms with van der Waals surface area (Å²) in [4.78, 5) is 39.5. The fraction of sp³-hybridized carbons (Fsp3) is 0.476. The first-order valence-corrected chi connectivity index (χ1v) is 9.48. The second-order valence-corrected chi connectivity index (χ2v) is 7.32. The van der Waals surface area contributed by atoms with E-state index >= 15 is 0 Å².